The van der Waals surface area contributed by atoms with Gasteiger partial charge in [-0.3, -0.25) is 0 Å². The van der Waals surface area contributed by atoms with Crippen LogP contribution in [-0.2, 0) is 6.42 Å². The van der Waals surface area contributed by atoms with Gasteiger partial charge in [-0.2, -0.15) is 13.2 Å². The van der Waals surface area contributed by atoms with Crippen molar-refractivity contribution in [2.24, 2.45) is 0 Å². The first-order chi connectivity index (χ1) is 6.47. The van der Waals surface area contributed by atoms with Crippen LogP contribution in [0.3, 0.4) is 0 Å². The van der Waals surface area contributed by atoms with Crippen LogP contribution >= 0.6 is 0 Å². The van der Waals surface area contributed by atoms with Crippen LogP contribution in [0.1, 0.15) is 5.56 Å². The number of rotatable bonds is 0. The molecule has 0 fully saturated rings. The minimum atomic E-state index is -4.24. The molecule has 1 unspecified atom stereocenters. The SMILES string of the molecule is Oc1ccc2c(c1)CC(C(F)(F)F)N2. The van der Waals surface area contributed by atoms with Crippen molar-refractivity contribution in [3.63, 3.8) is 0 Å². The summed E-state index contributed by atoms with van der Waals surface area (Å²) in [5.41, 5.74) is 0.956. The average molecular weight is 203 g/mol. The molecule has 5 heteroatoms. The van der Waals surface area contributed by atoms with Crippen LogP contribution in [0.5, 0.6) is 5.75 Å². The van der Waals surface area contributed by atoms with Gasteiger partial charge in [0, 0.05) is 12.1 Å². The second kappa shape index (κ2) is 2.80. The van der Waals surface area contributed by atoms with Crippen LogP contribution in [0.2, 0.25) is 0 Å². The van der Waals surface area contributed by atoms with Gasteiger partial charge in [-0.15, -0.1) is 0 Å². The van der Waals surface area contributed by atoms with Gasteiger partial charge in [0.15, 0.2) is 0 Å². The van der Waals surface area contributed by atoms with Crippen LogP contribution in [0, 0.1) is 0 Å². The Hall–Kier alpha value is -1.39. The van der Waals surface area contributed by atoms with Gasteiger partial charge in [-0.05, 0) is 23.8 Å². The molecule has 1 aliphatic rings. The summed E-state index contributed by atoms with van der Waals surface area (Å²) < 4.78 is 36.9. The fourth-order valence-electron chi connectivity index (χ4n) is 1.55. The van der Waals surface area contributed by atoms with Crippen LogP contribution in [0.25, 0.3) is 0 Å². The first kappa shape index (κ1) is 9.18. The van der Waals surface area contributed by atoms with Crippen LogP contribution < -0.4 is 5.32 Å². The van der Waals surface area contributed by atoms with Crippen LogP contribution in [0.15, 0.2) is 18.2 Å². The molecule has 0 saturated heterocycles. The topological polar surface area (TPSA) is 32.3 Å². The second-order valence-electron chi connectivity index (χ2n) is 3.28. The van der Waals surface area contributed by atoms with Crippen molar-refractivity contribution in [1.82, 2.24) is 0 Å². The highest BCUT2D eigenvalue weighted by atomic mass is 19.4. The summed E-state index contributed by atoms with van der Waals surface area (Å²) in [5.74, 6) is -0.00613. The third-order valence-electron chi connectivity index (χ3n) is 2.24. The highest BCUT2D eigenvalue weighted by molar-refractivity contribution is 5.59. The number of aromatic hydroxyl groups is 1. The van der Waals surface area contributed by atoms with Crippen molar-refractivity contribution in [3.8, 4) is 5.75 Å². The maximum atomic E-state index is 12.3. The lowest BCUT2D eigenvalue weighted by Gasteiger charge is -2.14. The van der Waals surface area contributed by atoms with Crippen molar-refractivity contribution >= 4 is 5.69 Å². The minimum absolute atomic E-state index is 0.00613. The standard InChI is InChI=1S/C9H8F3NO/c10-9(11,12)8-4-5-3-6(14)1-2-7(5)13-8/h1-3,8,13-14H,4H2. The Labute approximate surface area is 78.4 Å². The number of phenols is 1. The predicted octanol–water partition coefficient (Wildman–Crippen LogP) is 2.29. The number of halogens is 3. The smallest absolute Gasteiger partial charge is 0.408 e. The molecule has 2 nitrogen and oxygen atoms in total. The van der Waals surface area contributed by atoms with Gasteiger partial charge in [-0.25, -0.2) is 0 Å². The molecule has 1 aromatic carbocycles. The van der Waals surface area contributed by atoms with Gasteiger partial charge in [0.2, 0.25) is 0 Å². The molecule has 1 atom stereocenters. The third-order valence-corrected chi connectivity index (χ3v) is 2.24. The highest BCUT2D eigenvalue weighted by Crippen LogP contribution is 2.35. The number of hydrogen-bond donors (Lipinski definition) is 2. The van der Waals surface area contributed by atoms with Gasteiger partial charge >= 0.3 is 6.18 Å². The molecule has 1 aromatic rings. The third kappa shape index (κ3) is 1.49. The first-order valence-electron chi connectivity index (χ1n) is 4.12. The first-order valence-corrected chi connectivity index (χ1v) is 4.12. The number of fused-ring (bicyclic) bond motifs is 1. The number of nitrogens with one attached hydrogen (secondary N) is 1. The molecular formula is C9H8F3NO. The van der Waals surface area contributed by atoms with Crippen molar-refractivity contribution in [3.05, 3.63) is 23.8 Å². The number of hydrogen-bond acceptors (Lipinski definition) is 2. The molecule has 2 rings (SSSR count). The van der Waals surface area contributed by atoms with Gasteiger partial charge in [0.1, 0.15) is 11.8 Å². The van der Waals surface area contributed by atoms with E-state index < -0.39 is 12.2 Å². The van der Waals surface area contributed by atoms with Gasteiger partial charge < -0.3 is 10.4 Å². The van der Waals surface area contributed by atoms with E-state index >= 15 is 0 Å². The van der Waals surface area contributed by atoms with E-state index in [1.54, 1.807) is 0 Å². The Bertz CT molecular complexity index is 362. The zero-order chi connectivity index (χ0) is 10.3. The monoisotopic (exact) mass is 203 g/mol. The van der Waals surface area contributed by atoms with E-state index in [-0.39, 0.29) is 12.2 Å². The number of phenolic OH excluding ortho intramolecular Hbond substituents is 1. The van der Waals surface area contributed by atoms with Crippen molar-refractivity contribution in [2.75, 3.05) is 5.32 Å². The molecule has 14 heavy (non-hydrogen) atoms. The summed E-state index contributed by atoms with van der Waals surface area (Å²) in [4.78, 5) is 0. The molecule has 2 N–H and O–H groups in total. The molecular weight excluding hydrogens is 195 g/mol. The summed E-state index contributed by atoms with van der Waals surface area (Å²) in [6.07, 6.45) is -4.36. The van der Waals surface area contributed by atoms with Gasteiger partial charge in [-0.1, -0.05) is 0 Å². The zero-order valence-corrected chi connectivity index (χ0v) is 7.10. The van der Waals surface area contributed by atoms with Gasteiger partial charge in [0.25, 0.3) is 0 Å². The Morgan fingerprint density at radius 2 is 2.07 bits per heavy atom. The minimum Gasteiger partial charge on any atom is -0.508 e. The molecule has 0 radical (unpaired) electrons. The van der Waals surface area contributed by atoms with E-state index in [1.807, 2.05) is 0 Å². The largest absolute Gasteiger partial charge is 0.508 e. The van der Waals surface area contributed by atoms with Crippen molar-refractivity contribution in [2.45, 2.75) is 18.6 Å². The summed E-state index contributed by atoms with van der Waals surface area (Å²) in [6.45, 7) is 0. The molecule has 1 heterocycles. The lowest BCUT2D eigenvalue weighted by molar-refractivity contribution is -0.140. The van der Waals surface area contributed by atoms with E-state index in [4.69, 9.17) is 5.11 Å². The predicted molar refractivity (Wildman–Crippen MR) is 45.3 cm³/mol. The Kier molecular flexibility index (Phi) is 1.83. The Morgan fingerprint density at radius 3 is 2.71 bits per heavy atom. The molecule has 76 valence electrons. The molecule has 0 bridgehead atoms. The van der Waals surface area contributed by atoms with E-state index in [2.05, 4.69) is 5.32 Å². The summed E-state index contributed by atoms with van der Waals surface area (Å²) in [5, 5.41) is 11.4. The lowest BCUT2D eigenvalue weighted by Crippen LogP contribution is -2.34. The Morgan fingerprint density at radius 1 is 1.36 bits per heavy atom. The maximum absolute atomic E-state index is 12.3. The number of alkyl halides is 3. The summed E-state index contributed by atoms with van der Waals surface area (Å²) in [7, 11) is 0. The molecule has 0 spiro atoms. The van der Waals surface area contributed by atoms with E-state index in [1.165, 1.54) is 18.2 Å². The fourth-order valence-corrected chi connectivity index (χ4v) is 1.55. The highest BCUT2D eigenvalue weighted by Gasteiger charge is 2.42. The van der Waals surface area contributed by atoms with Gasteiger partial charge in [0.05, 0.1) is 0 Å². The Balaban J connectivity index is 2.26. The van der Waals surface area contributed by atoms with E-state index in [0.717, 1.165) is 0 Å². The summed E-state index contributed by atoms with van der Waals surface area (Å²) in [6, 6.07) is 2.65. The number of benzene rings is 1. The lowest BCUT2D eigenvalue weighted by atomic mass is 10.1. The van der Waals surface area contributed by atoms with Crippen molar-refractivity contribution < 1.29 is 18.3 Å². The fraction of sp³-hybridized carbons (Fsp3) is 0.333. The van der Waals surface area contributed by atoms with Crippen LogP contribution in [0.4, 0.5) is 18.9 Å². The maximum Gasteiger partial charge on any atom is 0.408 e. The van der Waals surface area contributed by atoms with Crippen molar-refractivity contribution in [1.29, 1.82) is 0 Å². The molecule has 0 aromatic heterocycles. The number of anilines is 1. The average Bonchev–Trinajstić information content (AvgIpc) is 2.45. The van der Waals surface area contributed by atoms with E-state index in [0.29, 0.717) is 11.3 Å². The summed E-state index contributed by atoms with van der Waals surface area (Å²) >= 11 is 0. The molecule has 1 aliphatic heterocycles. The van der Waals surface area contributed by atoms with E-state index in [9.17, 15) is 13.2 Å². The normalized spacial score (nSPS) is 20.4. The molecule has 0 aliphatic carbocycles. The second-order valence-corrected chi connectivity index (χ2v) is 3.28. The van der Waals surface area contributed by atoms with Crippen LogP contribution in [-0.4, -0.2) is 17.3 Å². The zero-order valence-electron chi connectivity index (χ0n) is 7.10. The molecule has 0 amide bonds. The quantitative estimate of drug-likeness (QED) is 0.634. The molecule has 0 saturated carbocycles.